The fourth-order valence-corrected chi connectivity index (χ4v) is 7.66. The van der Waals surface area contributed by atoms with Gasteiger partial charge in [0.2, 0.25) is 5.91 Å². The Balaban J connectivity index is 1.47. The number of hydrogen-bond donors (Lipinski definition) is 3. The van der Waals surface area contributed by atoms with Gasteiger partial charge in [-0.1, -0.05) is 0 Å². The second kappa shape index (κ2) is 6.58. The highest BCUT2D eigenvalue weighted by atomic mass is 16.5. The summed E-state index contributed by atoms with van der Waals surface area (Å²) in [5, 5.41) is 31.0. The number of nitrogens with zero attached hydrogens (tertiary/aromatic N) is 2. The SMILES string of the molecule is N#C[C@@H]1C[C@@H]2C[C@@H]2N1C(=O)[C@@H](NC(=O)O)C12CC3C[C@H](CC(OCCO)(C3)C1)C2. The van der Waals surface area contributed by atoms with E-state index < -0.39 is 23.6 Å². The van der Waals surface area contributed by atoms with Crippen LogP contribution in [0.2, 0.25) is 0 Å². The van der Waals surface area contributed by atoms with Crippen LogP contribution in [0.25, 0.3) is 0 Å². The lowest BCUT2D eigenvalue weighted by molar-refractivity contribution is -0.204. The number of aliphatic hydroxyl groups excluding tert-OH is 1. The van der Waals surface area contributed by atoms with Gasteiger partial charge < -0.3 is 25.2 Å². The Morgan fingerprint density at radius 3 is 2.55 bits per heavy atom. The molecule has 0 aromatic carbocycles. The summed E-state index contributed by atoms with van der Waals surface area (Å²) in [6, 6.07) is 1.07. The predicted octanol–water partition coefficient (Wildman–Crippen LogP) is 1.48. The van der Waals surface area contributed by atoms with Crippen LogP contribution in [0, 0.1) is 34.5 Å². The van der Waals surface area contributed by atoms with E-state index >= 15 is 0 Å². The molecule has 1 saturated heterocycles. The molecule has 5 saturated carbocycles. The number of ether oxygens (including phenoxy) is 1. The molecule has 8 nitrogen and oxygen atoms in total. The minimum atomic E-state index is -1.19. The minimum Gasteiger partial charge on any atom is -0.465 e. The topological polar surface area (TPSA) is 123 Å². The number of likely N-dealkylation sites (tertiary alicyclic amines) is 1. The van der Waals surface area contributed by atoms with E-state index in [0.29, 0.717) is 30.6 Å². The normalized spacial score (nSPS) is 44.8. The van der Waals surface area contributed by atoms with Crippen molar-refractivity contribution in [2.45, 2.75) is 75.1 Å². The molecule has 6 rings (SSSR count). The molecule has 0 radical (unpaired) electrons. The van der Waals surface area contributed by atoms with E-state index in [-0.39, 0.29) is 30.8 Å². The Kier molecular flexibility index (Phi) is 4.34. The second-order valence-corrected chi connectivity index (χ2v) is 10.2. The van der Waals surface area contributed by atoms with Gasteiger partial charge in [-0.25, -0.2) is 4.79 Å². The molecule has 5 aliphatic carbocycles. The molecule has 0 aromatic heterocycles. The fraction of sp³-hybridized carbons (Fsp3) is 0.857. The Hall–Kier alpha value is -1.85. The maximum Gasteiger partial charge on any atom is 0.405 e. The number of nitriles is 1. The molecule has 29 heavy (non-hydrogen) atoms. The Morgan fingerprint density at radius 1 is 1.21 bits per heavy atom. The third-order valence-corrected chi connectivity index (χ3v) is 8.19. The first-order valence-corrected chi connectivity index (χ1v) is 10.8. The summed E-state index contributed by atoms with van der Waals surface area (Å²) in [6.07, 6.45) is 5.68. The van der Waals surface area contributed by atoms with E-state index in [0.717, 1.165) is 38.5 Å². The number of amides is 2. The van der Waals surface area contributed by atoms with Gasteiger partial charge in [0.25, 0.3) is 0 Å². The number of fused-ring (bicyclic) bond motifs is 1. The first-order chi connectivity index (χ1) is 13.9. The van der Waals surface area contributed by atoms with E-state index in [2.05, 4.69) is 11.4 Å². The van der Waals surface area contributed by atoms with Crippen molar-refractivity contribution < 1.29 is 24.5 Å². The van der Waals surface area contributed by atoms with Crippen LogP contribution in [-0.2, 0) is 9.53 Å². The Labute approximate surface area is 170 Å². The third kappa shape index (κ3) is 3.01. The third-order valence-electron chi connectivity index (χ3n) is 8.19. The van der Waals surface area contributed by atoms with Gasteiger partial charge in [-0.3, -0.25) is 4.79 Å². The van der Waals surface area contributed by atoms with Gasteiger partial charge in [0.1, 0.15) is 12.1 Å². The maximum absolute atomic E-state index is 13.7. The Bertz CT molecular complexity index is 750. The number of carbonyl (C=O) groups is 2. The van der Waals surface area contributed by atoms with Crippen molar-refractivity contribution in [1.82, 2.24) is 10.2 Å². The largest absolute Gasteiger partial charge is 0.465 e. The van der Waals surface area contributed by atoms with Crippen LogP contribution in [0.5, 0.6) is 0 Å². The molecular formula is C21H29N3O5. The van der Waals surface area contributed by atoms with Gasteiger partial charge in [-0.15, -0.1) is 0 Å². The lowest BCUT2D eigenvalue weighted by Gasteiger charge is -2.63. The lowest BCUT2D eigenvalue weighted by Crippen LogP contribution is -2.67. The standard InChI is InChI=1S/C21H29N3O5/c22-10-15-4-14-5-16(14)24(15)18(26)17(23-19(27)28)20-6-12-3-13(7-20)9-21(8-12,11-20)29-2-1-25/h12-17,23,25H,1-9,11H2,(H,27,28)/t12-,13?,14+,15-,16-,17+,20?,21?/m0/s1. The first kappa shape index (κ1) is 19.1. The van der Waals surface area contributed by atoms with Crippen molar-refractivity contribution in [3.63, 3.8) is 0 Å². The number of hydrogen-bond acceptors (Lipinski definition) is 5. The van der Waals surface area contributed by atoms with E-state index in [1.165, 1.54) is 0 Å². The van der Waals surface area contributed by atoms with Gasteiger partial charge in [-0.2, -0.15) is 5.26 Å². The molecule has 1 aliphatic heterocycles. The van der Waals surface area contributed by atoms with Gasteiger partial charge in [-0.05, 0) is 69.1 Å². The van der Waals surface area contributed by atoms with Crippen molar-refractivity contribution in [3.8, 4) is 6.07 Å². The summed E-state index contributed by atoms with van der Waals surface area (Å²) in [5.41, 5.74) is -0.838. The molecule has 158 valence electrons. The number of rotatable bonds is 6. The zero-order valence-electron chi connectivity index (χ0n) is 16.5. The van der Waals surface area contributed by atoms with Gasteiger partial charge in [0.05, 0.1) is 24.9 Å². The average Bonchev–Trinajstić information content (AvgIpc) is 3.32. The lowest BCUT2D eigenvalue weighted by atomic mass is 9.46. The summed E-state index contributed by atoms with van der Waals surface area (Å²) in [5.74, 6) is 1.01. The van der Waals surface area contributed by atoms with Gasteiger partial charge >= 0.3 is 6.09 Å². The molecule has 0 spiro atoms. The molecule has 8 atom stereocenters. The molecule has 0 aromatic rings. The zero-order valence-corrected chi connectivity index (χ0v) is 16.5. The van der Waals surface area contributed by atoms with Crippen LogP contribution in [0.15, 0.2) is 0 Å². The van der Waals surface area contributed by atoms with E-state index in [1.807, 2.05) is 0 Å². The summed E-state index contributed by atoms with van der Waals surface area (Å²) >= 11 is 0. The number of nitrogens with one attached hydrogen (secondary N) is 1. The molecule has 3 unspecified atom stereocenters. The van der Waals surface area contributed by atoms with Crippen LogP contribution in [0.1, 0.15) is 51.4 Å². The zero-order chi connectivity index (χ0) is 20.4. The molecule has 6 aliphatic rings. The highest BCUT2D eigenvalue weighted by Crippen LogP contribution is 2.64. The van der Waals surface area contributed by atoms with Crippen molar-refractivity contribution in [3.05, 3.63) is 0 Å². The quantitative estimate of drug-likeness (QED) is 0.617. The molecule has 1 heterocycles. The van der Waals surface area contributed by atoms with Gasteiger partial charge in [0, 0.05) is 11.5 Å². The smallest absolute Gasteiger partial charge is 0.405 e. The van der Waals surface area contributed by atoms with Crippen LogP contribution in [0.3, 0.4) is 0 Å². The molecule has 2 amide bonds. The van der Waals surface area contributed by atoms with Crippen molar-refractivity contribution in [1.29, 1.82) is 5.26 Å². The molecule has 6 fully saturated rings. The fourth-order valence-electron chi connectivity index (χ4n) is 7.66. The monoisotopic (exact) mass is 403 g/mol. The molecular weight excluding hydrogens is 374 g/mol. The van der Waals surface area contributed by atoms with E-state index in [9.17, 15) is 25.1 Å². The highest BCUT2D eigenvalue weighted by molar-refractivity contribution is 5.88. The van der Waals surface area contributed by atoms with Crippen LogP contribution < -0.4 is 5.32 Å². The van der Waals surface area contributed by atoms with Crippen LogP contribution in [0.4, 0.5) is 4.79 Å². The average molecular weight is 403 g/mol. The van der Waals surface area contributed by atoms with E-state index in [4.69, 9.17) is 4.74 Å². The molecule has 8 heteroatoms. The number of carboxylic acid groups (broad SMARTS) is 1. The molecule has 4 bridgehead atoms. The summed E-state index contributed by atoms with van der Waals surface area (Å²) in [6.45, 7) is 0.230. The maximum atomic E-state index is 13.7. The second-order valence-electron chi connectivity index (χ2n) is 10.2. The summed E-state index contributed by atoms with van der Waals surface area (Å²) < 4.78 is 6.15. The molecule has 3 N–H and O–H groups in total. The number of carbonyl (C=O) groups excluding carboxylic acids is 1. The van der Waals surface area contributed by atoms with Crippen molar-refractivity contribution in [2.24, 2.45) is 23.2 Å². The van der Waals surface area contributed by atoms with Gasteiger partial charge in [0.15, 0.2) is 0 Å². The van der Waals surface area contributed by atoms with Crippen LogP contribution >= 0.6 is 0 Å². The summed E-state index contributed by atoms with van der Waals surface area (Å²) in [7, 11) is 0. The van der Waals surface area contributed by atoms with E-state index in [1.54, 1.807) is 4.90 Å². The first-order valence-electron chi connectivity index (χ1n) is 10.8. The summed E-state index contributed by atoms with van der Waals surface area (Å²) in [4.78, 5) is 27.1. The number of piperidine rings is 1. The number of aliphatic hydroxyl groups is 1. The van der Waals surface area contributed by atoms with Crippen LogP contribution in [-0.4, -0.2) is 64.1 Å². The predicted molar refractivity (Wildman–Crippen MR) is 101 cm³/mol. The minimum absolute atomic E-state index is 0.0412. The Morgan fingerprint density at radius 2 is 1.93 bits per heavy atom. The van der Waals surface area contributed by atoms with Crippen molar-refractivity contribution >= 4 is 12.0 Å². The highest BCUT2D eigenvalue weighted by Gasteiger charge is 2.64. The van der Waals surface area contributed by atoms with Crippen molar-refractivity contribution in [2.75, 3.05) is 13.2 Å².